The van der Waals surface area contributed by atoms with Gasteiger partial charge in [-0.15, -0.1) is 0 Å². The maximum atomic E-state index is 4.77. The molecule has 0 amide bonds. The van der Waals surface area contributed by atoms with E-state index in [1.54, 1.807) is 11.8 Å². The lowest BCUT2D eigenvalue weighted by molar-refractivity contribution is 0.538. The van der Waals surface area contributed by atoms with Gasteiger partial charge < -0.3 is 5.32 Å². The van der Waals surface area contributed by atoms with Crippen molar-refractivity contribution in [3.05, 3.63) is 40.1 Å². The van der Waals surface area contributed by atoms with Crippen molar-refractivity contribution in [2.24, 2.45) is 0 Å². The third-order valence-corrected chi connectivity index (χ3v) is 4.66. The van der Waals surface area contributed by atoms with Gasteiger partial charge in [-0.3, -0.25) is 0 Å². The van der Waals surface area contributed by atoms with Gasteiger partial charge in [0, 0.05) is 27.4 Å². The Labute approximate surface area is 139 Å². The molecule has 0 aliphatic carbocycles. The summed E-state index contributed by atoms with van der Waals surface area (Å²) in [6.45, 7) is 8.45. The van der Waals surface area contributed by atoms with Gasteiger partial charge >= 0.3 is 0 Å². The van der Waals surface area contributed by atoms with Crippen molar-refractivity contribution >= 4 is 33.5 Å². The van der Waals surface area contributed by atoms with Crippen LogP contribution in [0.2, 0.25) is 0 Å². The van der Waals surface area contributed by atoms with Crippen LogP contribution in [0, 0.1) is 6.92 Å². The molecule has 0 atom stereocenters. The SMILES string of the molecule is CNc1nc(C(C)(C)C)nc(Sc2ccc(Br)cc2)c1C. The second kappa shape index (κ2) is 6.36. The van der Waals surface area contributed by atoms with Crippen molar-refractivity contribution < 1.29 is 0 Å². The summed E-state index contributed by atoms with van der Waals surface area (Å²) >= 11 is 5.13. The third-order valence-electron chi connectivity index (χ3n) is 3.04. The fourth-order valence-electron chi connectivity index (χ4n) is 1.79. The van der Waals surface area contributed by atoms with E-state index in [1.165, 1.54) is 4.90 Å². The van der Waals surface area contributed by atoms with Crippen LogP contribution in [-0.4, -0.2) is 17.0 Å². The van der Waals surface area contributed by atoms with E-state index in [0.717, 1.165) is 26.7 Å². The molecule has 112 valence electrons. The van der Waals surface area contributed by atoms with Crippen LogP contribution in [0.25, 0.3) is 0 Å². The van der Waals surface area contributed by atoms with Crippen LogP contribution in [-0.2, 0) is 5.41 Å². The van der Waals surface area contributed by atoms with Gasteiger partial charge in [-0.25, -0.2) is 9.97 Å². The molecule has 0 saturated heterocycles. The van der Waals surface area contributed by atoms with Gasteiger partial charge in [0.05, 0.1) is 0 Å². The minimum absolute atomic E-state index is 0.0751. The quantitative estimate of drug-likeness (QED) is 0.773. The van der Waals surface area contributed by atoms with E-state index in [2.05, 4.69) is 66.1 Å². The summed E-state index contributed by atoms with van der Waals surface area (Å²) in [7, 11) is 1.90. The van der Waals surface area contributed by atoms with Crippen LogP contribution >= 0.6 is 27.7 Å². The van der Waals surface area contributed by atoms with Crippen LogP contribution in [0.1, 0.15) is 32.2 Å². The van der Waals surface area contributed by atoms with Crippen LogP contribution in [0.5, 0.6) is 0 Å². The second-order valence-electron chi connectivity index (χ2n) is 5.88. The number of hydrogen-bond donors (Lipinski definition) is 1. The van der Waals surface area contributed by atoms with Crippen molar-refractivity contribution in [2.75, 3.05) is 12.4 Å². The number of aromatic nitrogens is 2. The molecular formula is C16H20BrN3S. The third kappa shape index (κ3) is 3.98. The molecule has 1 heterocycles. The molecule has 0 bridgehead atoms. The maximum absolute atomic E-state index is 4.77. The first-order chi connectivity index (χ1) is 9.81. The highest BCUT2D eigenvalue weighted by Gasteiger charge is 2.21. The fraction of sp³-hybridized carbons (Fsp3) is 0.375. The van der Waals surface area contributed by atoms with Crippen LogP contribution < -0.4 is 5.32 Å². The summed E-state index contributed by atoms with van der Waals surface area (Å²) in [5.74, 6) is 1.76. The van der Waals surface area contributed by atoms with Gasteiger partial charge in [0.25, 0.3) is 0 Å². The highest BCUT2D eigenvalue weighted by atomic mass is 79.9. The van der Waals surface area contributed by atoms with E-state index in [1.807, 2.05) is 19.2 Å². The van der Waals surface area contributed by atoms with E-state index >= 15 is 0 Å². The Bertz CT molecular complexity index is 633. The zero-order valence-corrected chi connectivity index (χ0v) is 15.4. The van der Waals surface area contributed by atoms with E-state index < -0.39 is 0 Å². The van der Waals surface area contributed by atoms with Gasteiger partial charge in [-0.05, 0) is 31.2 Å². The zero-order chi connectivity index (χ0) is 15.6. The lowest BCUT2D eigenvalue weighted by atomic mass is 9.95. The summed E-state index contributed by atoms with van der Waals surface area (Å²) in [5.41, 5.74) is 1.01. The van der Waals surface area contributed by atoms with Gasteiger partial charge in [0.15, 0.2) is 0 Å². The molecule has 0 aliphatic heterocycles. The molecule has 0 aliphatic rings. The Balaban J connectivity index is 2.44. The van der Waals surface area contributed by atoms with Crippen molar-refractivity contribution in [1.82, 2.24) is 9.97 Å². The Hall–Kier alpha value is -1.07. The molecule has 2 aromatic rings. The van der Waals surface area contributed by atoms with Gasteiger partial charge in [0.1, 0.15) is 16.7 Å². The molecule has 0 unspecified atom stereocenters. The van der Waals surface area contributed by atoms with Crippen LogP contribution in [0.3, 0.4) is 0 Å². The molecule has 1 N–H and O–H groups in total. The van der Waals surface area contributed by atoms with Crippen molar-refractivity contribution in [3.63, 3.8) is 0 Å². The fourth-order valence-corrected chi connectivity index (χ4v) is 2.93. The van der Waals surface area contributed by atoms with Crippen LogP contribution in [0.4, 0.5) is 5.82 Å². The van der Waals surface area contributed by atoms with Gasteiger partial charge in [-0.2, -0.15) is 0 Å². The summed E-state index contributed by atoms with van der Waals surface area (Å²) in [5, 5.41) is 4.17. The summed E-state index contributed by atoms with van der Waals surface area (Å²) in [6, 6.07) is 8.27. The highest BCUT2D eigenvalue weighted by molar-refractivity contribution is 9.10. The van der Waals surface area contributed by atoms with Gasteiger partial charge in [0.2, 0.25) is 0 Å². The molecule has 21 heavy (non-hydrogen) atoms. The number of halogens is 1. The Morgan fingerprint density at radius 2 is 1.71 bits per heavy atom. The van der Waals surface area contributed by atoms with E-state index in [-0.39, 0.29) is 5.41 Å². The minimum atomic E-state index is -0.0751. The first-order valence-electron chi connectivity index (χ1n) is 6.81. The standard InChI is InChI=1S/C16H20BrN3S/c1-10-13(18-5)19-15(16(2,3)4)20-14(10)21-12-8-6-11(17)7-9-12/h6-9H,1-5H3,(H,18,19,20). The molecule has 1 aromatic carbocycles. The lowest BCUT2D eigenvalue weighted by Crippen LogP contribution is -2.18. The molecule has 3 nitrogen and oxygen atoms in total. The first-order valence-corrected chi connectivity index (χ1v) is 8.42. The monoisotopic (exact) mass is 365 g/mol. The predicted octanol–water partition coefficient (Wildman–Crippen LogP) is 5.04. The van der Waals surface area contributed by atoms with Crippen LogP contribution in [0.15, 0.2) is 38.7 Å². The summed E-state index contributed by atoms with van der Waals surface area (Å²) < 4.78 is 1.08. The number of nitrogens with zero attached hydrogens (tertiary/aromatic N) is 2. The number of rotatable bonds is 3. The second-order valence-corrected chi connectivity index (χ2v) is 7.86. The van der Waals surface area contributed by atoms with E-state index in [9.17, 15) is 0 Å². The zero-order valence-electron chi connectivity index (χ0n) is 13.0. The van der Waals surface area contributed by atoms with Gasteiger partial charge in [-0.1, -0.05) is 48.5 Å². The smallest absolute Gasteiger partial charge is 0.137 e. The average molecular weight is 366 g/mol. The summed E-state index contributed by atoms with van der Waals surface area (Å²) in [4.78, 5) is 10.6. The summed E-state index contributed by atoms with van der Waals surface area (Å²) in [6.07, 6.45) is 0. The van der Waals surface area contributed by atoms with Crippen molar-refractivity contribution in [1.29, 1.82) is 0 Å². The van der Waals surface area contributed by atoms with Crippen molar-refractivity contribution in [2.45, 2.75) is 43.0 Å². The number of nitrogens with one attached hydrogen (secondary N) is 1. The average Bonchev–Trinajstić information content (AvgIpc) is 2.42. The molecule has 5 heteroatoms. The number of hydrogen-bond acceptors (Lipinski definition) is 4. The Kier molecular flexibility index (Phi) is 4.94. The Morgan fingerprint density at radius 1 is 1.10 bits per heavy atom. The molecule has 0 fully saturated rings. The topological polar surface area (TPSA) is 37.8 Å². The molecule has 1 aromatic heterocycles. The highest BCUT2D eigenvalue weighted by Crippen LogP contribution is 2.33. The molecule has 0 spiro atoms. The largest absolute Gasteiger partial charge is 0.373 e. The predicted molar refractivity (Wildman–Crippen MR) is 93.3 cm³/mol. The number of anilines is 1. The molecular weight excluding hydrogens is 346 g/mol. The molecule has 0 radical (unpaired) electrons. The first kappa shape index (κ1) is 16.3. The Morgan fingerprint density at radius 3 is 2.24 bits per heavy atom. The number of benzene rings is 1. The maximum Gasteiger partial charge on any atom is 0.137 e. The van der Waals surface area contributed by atoms with Crippen molar-refractivity contribution in [3.8, 4) is 0 Å². The van der Waals surface area contributed by atoms with E-state index in [0.29, 0.717) is 0 Å². The molecule has 2 rings (SSSR count). The van der Waals surface area contributed by atoms with E-state index in [4.69, 9.17) is 4.98 Å². The minimum Gasteiger partial charge on any atom is -0.373 e. The molecule has 0 saturated carbocycles. The lowest BCUT2D eigenvalue weighted by Gasteiger charge is -2.20. The normalized spacial score (nSPS) is 11.5.